The predicted octanol–water partition coefficient (Wildman–Crippen LogP) is 3.26. The van der Waals surface area contributed by atoms with E-state index in [1.54, 1.807) is 4.90 Å². The molecule has 1 aliphatic heterocycles. The first-order valence-corrected chi connectivity index (χ1v) is 9.70. The second kappa shape index (κ2) is 8.05. The summed E-state index contributed by atoms with van der Waals surface area (Å²) in [7, 11) is 1.85. The fraction of sp³-hybridized carbons (Fsp3) is 0.474. The molecule has 2 aromatic rings. The van der Waals surface area contributed by atoms with E-state index >= 15 is 0 Å². The van der Waals surface area contributed by atoms with Gasteiger partial charge in [0.05, 0.1) is 5.69 Å². The van der Waals surface area contributed by atoms with Crippen molar-refractivity contribution in [1.82, 2.24) is 14.8 Å². The maximum Gasteiger partial charge on any atom is 0.265 e. The second-order valence-electron chi connectivity index (χ2n) is 6.26. The number of ether oxygens (including phenoxy) is 2. The Morgan fingerprint density at radius 1 is 1.19 bits per heavy atom. The molecule has 0 radical (unpaired) electrons. The number of rotatable bonds is 7. The molecule has 140 valence electrons. The van der Waals surface area contributed by atoms with Gasteiger partial charge in [-0.15, -0.1) is 11.3 Å². The van der Waals surface area contributed by atoms with Crippen molar-refractivity contribution in [3.63, 3.8) is 0 Å². The van der Waals surface area contributed by atoms with E-state index in [-0.39, 0.29) is 12.7 Å². The van der Waals surface area contributed by atoms with Crippen LogP contribution in [0.3, 0.4) is 0 Å². The van der Waals surface area contributed by atoms with Gasteiger partial charge in [0, 0.05) is 25.7 Å². The largest absolute Gasteiger partial charge is 0.454 e. The Balaban J connectivity index is 1.74. The van der Waals surface area contributed by atoms with Crippen molar-refractivity contribution in [2.24, 2.45) is 0 Å². The van der Waals surface area contributed by atoms with Crippen molar-refractivity contribution < 1.29 is 14.3 Å². The lowest BCUT2D eigenvalue weighted by molar-refractivity contribution is 0.0783. The molecule has 0 fully saturated rings. The van der Waals surface area contributed by atoms with Crippen LogP contribution < -0.4 is 9.47 Å². The minimum Gasteiger partial charge on any atom is -0.454 e. The zero-order valence-corrected chi connectivity index (χ0v) is 16.6. The second-order valence-corrected chi connectivity index (χ2v) is 7.25. The number of aromatic nitrogens is 1. The molecule has 1 amide bonds. The van der Waals surface area contributed by atoms with Crippen LogP contribution in [-0.2, 0) is 0 Å². The van der Waals surface area contributed by atoms with Gasteiger partial charge in [-0.1, -0.05) is 13.8 Å². The SMILES string of the molecule is CCN(CC)CCN(C)C(=O)c1sc(-c2ccc3c(c2)OCO3)nc1C. The topological polar surface area (TPSA) is 54.9 Å². The van der Waals surface area contributed by atoms with Crippen molar-refractivity contribution >= 4 is 17.2 Å². The molecule has 0 bridgehead atoms. The minimum atomic E-state index is 0.0270. The summed E-state index contributed by atoms with van der Waals surface area (Å²) in [5.74, 6) is 1.49. The Labute approximate surface area is 158 Å². The Morgan fingerprint density at radius 2 is 1.92 bits per heavy atom. The molecule has 26 heavy (non-hydrogen) atoms. The van der Waals surface area contributed by atoms with Crippen molar-refractivity contribution in [2.45, 2.75) is 20.8 Å². The predicted molar refractivity (Wildman–Crippen MR) is 103 cm³/mol. The summed E-state index contributed by atoms with van der Waals surface area (Å²) < 4.78 is 10.8. The number of likely N-dealkylation sites (N-methyl/N-ethyl adjacent to an activating group) is 2. The lowest BCUT2D eigenvalue weighted by Gasteiger charge is -2.22. The van der Waals surface area contributed by atoms with Crippen molar-refractivity contribution in [1.29, 1.82) is 0 Å². The Morgan fingerprint density at radius 3 is 2.65 bits per heavy atom. The van der Waals surface area contributed by atoms with E-state index in [4.69, 9.17) is 9.47 Å². The van der Waals surface area contributed by atoms with E-state index in [0.29, 0.717) is 11.4 Å². The first-order valence-electron chi connectivity index (χ1n) is 8.88. The Bertz CT molecular complexity index is 786. The van der Waals surface area contributed by atoms with Crippen LogP contribution in [0.4, 0.5) is 0 Å². The van der Waals surface area contributed by atoms with Crippen LogP contribution >= 0.6 is 11.3 Å². The summed E-state index contributed by atoms with van der Waals surface area (Å²) in [4.78, 5) is 22.2. The molecule has 0 spiro atoms. The Kier molecular flexibility index (Phi) is 5.78. The molecule has 0 saturated carbocycles. The van der Waals surface area contributed by atoms with E-state index in [2.05, 4.69) is 23.7 Å². The molecular weight excluding hydrogens is 350 g/mol. The molecule has 0 aliphatic carbocycles. The summed E-state index contributed by atoms with van der Waals surface area (Å²) in [6.07, 6.45) is 0. The summed E-state index contributed by atoms with van der Waals surface area (Å²) >= 11 is 1.43. The van der Waals surface area contributed by atoms with E-state index < -0.39 is 0 Å². The molecule has 0 unspecified atom stereocenters. The average molecular weight is 375 g/mol. The van der Waals surface area contributed by atoms with Gasteiger partial charge >= 0.3 is 0 Å². The van der Waals surface area contributed by atoms with Crippen LogP contribution in [0.15, 0.2) is 18.2 Å². The van der Waals surface area contributed by atoms with Crippen LogP contribution in [0, 0.1) is 6.92 Å². The van der Waals surface area contributed by atoms with Crippen LogP contribution in [0.5, 0.6) is 11.5 Å². The van der Waals surface area contributed by atoms with Gasteiger partial charge < -0.3 is 19.3 Å². The van der Waals surface area contributed by atoms with Gasteiger partial charge in [-0.05, 0) is 38.2 Å². The minimum absolute atomic E-state index is 0.0270. The van der Waals surface area contributed by atoms with Crippen molar-refractivity contribution in [2.75, 3.05) is 40.0 Å². The van der Waals surface area contributed by atoms with Crippen LogP contribution in [0.1, 0.15) is 29.2 Å². The highest BCUT2D eigenvalue weighted by atomic mass is 32.1. The van der Waals surface area contributed by atoms with Gasteiger partial charge in [-0.25, -0.2) is 4.98 Å². The normalized spacial score (nSPS) is 12.7. The zero-order chi connectivity index (χ0) is 18.7. The molecule has 0 saturated heterocycles. The first kappa shape index (κ1) is 18.7. The highest BCUT2D eigenvalue weighted by Crippen LogP contribution is 2.37. The monoisotopic (exact) mass is 375 g/mol. The van der Waals surface area contributed by atoms with E-state index in [9.17, 15) is 4.79 Å². The van der Waals surface area contributed by atoms with Crippen LogP contribution in [-0.4, -0.2) is 60.7 Å². The zero-order valence-electron chi connectivity index (χ0n) is 15.7. The number of aryl methyl sites for hydroxylation is 1. The van der Waals surface area contributed by atoms with Gasteiger partial charge in [0.2, 0.25) is 6.79 Å². The summed E-state index contributed by atoms with van der Waals surface area (Å²) in [6.45, 7) is 9.97. The molecule has 1 aromatic carbocycles. The fourth-order valence-electron chi connectivity index (χ4n) is 2.85. The molecule has 1 aromatic heterocycles. The van der Waals surface area contributed by atoms with Crippen molar-refractivity contribution in [3.8, 4) is 22.1 Å². The van der Waals surface area contributed by atoms with E-state index in [1.165, 1.54) is 11.3 Å². The summed E-state index contributed by atoms with van der Waals surface area (Å²) in [6, 6.07) is 5.75. The standard InChI is InChI=1S/C19H25N3O3S/c1-5-22(6-2)10-9-21(4)19(23)17-13(3)20-18(26-17)14-7-8-15-16(11-14)25-12-24-15/h7-8,11H,5-6,9-10,12H2,1-4H3. The quantitative estimate of drug-likeness (QED) is 0.743. The number of hydrogen-bond donors (Lipinski definition) is 0. The number of fused-ring (bicyclic) bond motifs is 1. The molecule has 1 aliphatic rings. The highest BCUT2D eigenvalue weighted by molar-refractivity contribution is 7.17. The molecule has 3 rings (SSSR count). The first-order chi connectivity index (χ1) is 12.5. The third-order valence-corrected chi connectivity index (χ3v) is 5.80. The maximum atomic E-state index is 12.8. The Hall–Kier alpha value is -2.12. The summed E-state index contributed by atoms with van der Waals surface area (Å²) in [5, 5.41) is 0.821. The van der Waals surface area contributed by atoms with E-state index in [1.807, 2.05) is 32.2 Å². The number of hydrogen-bond acceptors (Lipinski definition) is 6. The summed E-state index contributed by atoms with van der Waals surface area (Å²) in [5.41, 5.74) is 1.70. The molecular formula is C19H25N3O3S. The smallest absolute Gasteiger partial charge is 0.265 e. The fourth-order valence-corrected chi connectivity index (χ4v) is 3.91. The highest BCUT2D eigenvalue weighted by Gasteiger charge is 2.21. The number of thiazole rings is 1. The number of nitrogens with zero attached hydrogens (tertiary/aromatic N) is 3. The number of carbonyl (C=O) groups excluding carboxylic acids is 1. The van der Waals surface area contributed by atoms with E-state index in [0.717, 1.165) is 47.4 Å². The average Bonchev–Trinajstić information content (AvgIpc) is 3.27. The molecule has 2 heterocycles. The lowest BCUT2D eigenvalue weighted by atomic mass is 10.2. The van der Waals surface area contributed by atoms with Gasteiger partial charge in [-0.3, -0.25) is 4.79 Å². The van der Waals surface area contributed by atoms with Gasteiger partial charge in [0.1, 0.15) is 9.88 Å². The lowest BCUT2D eigenvalue weighted by Crippen LogP contribution is -2.36. The molecule has 0 atom stereocenters. The van der Waals surface area contributed by atoms with Gasteiger partial charge in [-0.2, -0.15) is 0 Å². The third-order valence-electron chi connectivity index (χ3n) is 4.60. The number of amides is 1. The van der Waals surface area contributed by atoms with Gasteiger partial charge in [0.15, 0.2) is 11.5 Å². The molecule has 7 heteroatoms. The van der Waals surface area contributed by atoms with Gasteiger partial charge in [0.25, 0.3) is 5.91 Å². The van der Waals surface area contributed by atoms with Crippen LogP contribution in [0.25, 0.3) is 10.6 Å². The number of carbonyl (C=O) groups is 1. The number of benzene rings is 1. The molecule has 6 nitrogen and oxygen atoms in total. The maximum absolute atomic E-state index is 12.8. The van der Waals surface area contributed by atoms with Crippen molar-refractivity contribution in [3.05, 3.63) is 28.8 Å². The van der Waals surface area contributed by atoms with Crippen LogP contribution in [0.2, 0.25) is 0 Å². The molecule has 0 N–H and O–H groups in total. The third kappa shape index (κ3) is 3.83.